The third-order valence-electron chi connectivity index (χ3n) is 5.76. The molecule has 1 fully saturated rings. The molecule has 1 saturated heterocycles. The van der Waals surface area contributed by atoms with Crippen molar-refractivity contribution in [2.45, 2.75) is 25.8 Å². The van der Waals surface area contributed by atoms with E-state index in [9.17, 15) is 9.59 Å². The van der Waals surface area contributed by atoms with Gasteiger partial charge in [0.2, 0.25) is 5.91 Å². The van der Waals surface area contributed by atoms with Gasteiger partial charge in [-0.25, -0.2) is 0 Å². The van der Waals surface area contributed by atoms with Gasteiger partial charge in [0.25, 0.3) is 5.91 Å². The van der Waals surface area contributed by atoms with Crippen molar-refractivity contribution in [2.75, 3.05) is 23.7 Å². The van der Waals surface area contributed by atoms with E-state index in [0.717, 1.165) is 30.6 Å². The molecular weight excluding hydrogens is 388 g/mol. The van der Waals surface area contributed by atoms with E-state index in [1.54, 1.807) is 18.2 Å². The van der Waals surface area contributed by atoms with Gasteiger partial charge in [-0.2, -0.15) is 0 Å². The van der Waals surface area contributed by atoms with Crippen LogP contribution in [0.15, 0.2) is 66.9 Å². The molecule has 0 bridgehead atoms. The lowest BCUT2D eigenvalue weighted by molar-refractivity contribution is -0.117. The predicted octanol–water partition coefficient (Wildman–Crippen LogP) is 4.36. The summed E-state index contributed by atoms with van der Waals surface area (Å²) in [6, 6.07) is 19.1. The zero-order chi connectivity index (χ0) is 21.8. The van der Waals surface area contributed by atoms with Crippen molar-refractivity contribution in [1.29, 1.82) is 0 Å². The number of nitrogens with one attached hydrogen (secondary N) is 2. The summed E-state index contributed by atoms with van der Waals surface area (Å²) in [4.78, 5) is 27.9. The molecule has 0 spiro atoms. The van der Waals surface area contributed by atoms with E-state index in [1.165, 1.54) is 5.69 Å². The van der Waals surface area contributed by atoms with E-state index in [1.807, 2.05) is 56.6 Å². The summed E-state index contributed by atoms with van der Waals surface area (Å²) < 4.78 is 2.12. The van der Waals surface area contributed by atoms with Gasteiger partial charge in [-0.05, 0) is 68.3 Å². The number of hydrogen-bond donors (Lipinski definition) is 2. The van der Waals surface area contributed by atoms with E-state index < -0.39 is 0 Å². The van der Waals surface area contributed by atoms with Crippen molar-refractivity contribution in [1.82, 2.24) is 9.47 Å². The number of aryl methyl sites for hydroxylation is 2. The fourth-order valence-electron chi connectivity index (χ4n) is 4.26. The van der Waals surface area contributed by atoms with Crippen molar-refractivity contribution in [2.24, 2.45) is 7.05 Å². The maximum absolute atomic E-state index is 12.9. The van der Waals surface area contributed by atoms with E-state index in [-0.39, 0.29) is 17.9 Å². The summed E-state index contributed by atoms with van der Waals surface area (Å²) in [5.41, 5.74) is 3.99. The largest absolute Gasteiger partial charge is 0.353 e. The fraction of sp³-hybridized carbons (Fsp3) is 0.280. The highest BCUT2D eigenvalue weighted by Crippen LogP contribution is 2.31. The SMILES string of the molecule is Cc1cccc(NC(=O)c2ccccc2NC(=O)CN2CCC[C@@H]2c2cccn2C)c1. The van der Waals surface area contributed by atoms with Crippen LogP contribution >= 0.6 is 0 Å². The first-order chi connectivity index (χ1) is 15.0. The van der Waals surface area contributed by atoms with Crippen LogP contribution in [-0.4, -0.2) is 34.4 Å². The molecule has 31 heavy (non-hydrogen) atoms. The van der Waals surface area contributed by atoms with Gasteiger partial charge < -0.3 is 15.2 Å². The number of benzene rings is 2. The molecule has 0 aliphatic carbocycles. The quantitative estimate of drug-likeness (QED) is 0.627. The maximum atomic E-state index is 12.9. The molecule has 0 saturated carbocycles. The van der Waals surface area contributed by atoms with Crippen LogP contribution in [0.2, 0.25) is 0 Å². The van der Waals surface area contributed by atoms with Gasteiger partial charge in [0.15, 0.2) is 0 Å². The Kier molecular flexibility index (Phi) is 6.18. The van der Waals surface area contributed by atoms with Crippen molar-refractivity contribution in [3.63, 3.8) is 0 Å². The smallest absolute Gasteiger partial charge is 0.257 e. The standard InChI is InChI=1S/C25H28N4O2/c1-18-8-5-9-19(16-18)26-25(31)20-10-3-4-11-21(20)27-24(30)17-29-15-7-13-23(29)22-12-6-14-28(22)2/h3-6,8-12,14,16,23H,7,13,15,17H2,1-2H3,(H,26,31)(H,27,30)/t23-/m1/s1. The molecule has 1 aliphatic rings. The molecule has 1 aliphatic heterocycles. The van der Waals surface area contributed by atoms with Crippen LogP contribution in [-0.2, 0) is 11.8 Å². The Hall–Kier alpha value is -3.38. The number of carbonyl (C=O) groups is 2. The summed E-state index contributed by atoms with van der Waals surface area (Å²) in [5.74, 6) is -0.360. The lowest BCUT2D eigenvalue weighted by Crippen LogP contribution is -2.34. The minimum absolute atomic E-state index is 0.114. The molecule has 160 valence electrons. The number of carbonyl (C=O) groups excluding carboxylic acids is 2. The van der Waals surface area contributed by atoms with E-state index in [0.29, 0.717) is 17.8 Å². The van der Waals surface area contributed by atoms with Crippen LogP contribution in [0, 0.1) is 6.92 Å². The van der Waals surface area contributed by atoms with Gasteiger partial charge in [0.05, 0.1) is 23.8 Å². The number of rotatable bonds is 6. The minimum Gasteiger partial charge on any atom is -0.353 e. The molecule has 1 aromatic heterocycles. The summed E-state index contributed by atoms with van der Waals surface area (Å²) in [6.45, 7) is 3.16. The van der Waals surface area contributed by atoms with Gasteiger partial charge >= 0.3 is 0 Å². The highest BCUT2D eigenvalue weighted by Gasteiger charge is 2.29. The van der Waals surface area contributed by atoms with Crippen LogP contribution in [0.3, 0.4) is 0 Å². The average molecular weight is 417 g/mol. The molecular formula is C25H28N4O2. The van der Waals surface area contributed by atoms with Crippen LogP contribution < -0.4 is 10.6 Å². The Balaban J connectivity index is 1.44. The Bertz CT molecular complexity index is 1090. The molecule has 3 aromatic rings. The Morgan fingerprint density at radius 2 is 1.87 bits per heavy atom. The predicted molar refractivity (Wildman–Crippen MR) is 123 cm³/mol. The highest BCUT2D eigenvalue weighted by atomic mass is 16.2. The number of hydrogen-bond acceptors (Lipinski definition) is 3. The Labute approximate surface area is 182 Å². The molecule has 2 aromatic carbocycles. The van der Waals surface area contributed by atoms with Gasteiger partial charge in [-0.15, -0.1) is 0 Å². The summed E-state index contributed by atoms with van der Waals surface area (Å²) in [5, 5.41) is 5.86. The Morgan fingerprint density at radius 1 is 1.03 bits per heavy atom. The fourth-order valence-corrected chi connectivity index (χ4v) is 4.26. The summed E-state index contributed by atoms with van der Waals surface area (Å²) in [7, 11) is 2.04. The van der Waals surface area contributed by atoms with E-state index >= 15 is 0 Å². The van der Waals surface area contributed by atoms with Gasteiger partial charge in [-0.3, -0.25) is 14.5 Å². The summed E-state index contributed by atoms with van der Waals surface area (Å²) in [6.07, 6.45) is 4.15. The van der Waals surface area contributed by atoms with Crippen LogP contribution in [0.25, 0.3) is 0 Å². The molecule has 6 heteroatoms. The molecule has 2 heterocycles. The first-order valence-electron chi connectivity index (χ1n) is 10.6. The normalized spacial score (nSPS) is 16.3. The molecule has 2 N–H and O–H groups in total. The third-order valence-corrected chi connectivity index (χ3v) is 5.76. The summed E-state index contributed by atoms with van der Waals surface area (Å²) >= 11 is 0. The first kappa shape index (κ1) is 20.9. The number of anilines is 2. The third kappa shape index (κ3) is 4.86. The van der Waals surface area contributed by atoms with E-state index in [2.05, 4.69) is 26.2 Å². The zero-order valence-electron chi connectivity index (χ0n) is 18.0. The average Bonchev–Trinajstić information content (AvgIpc) is 3.36. The molecule has 1 atom stereocenters. The number of amides is 2. The van der Waals surface area contributed by atoms with Crippen molar-refractivity contribution in [3.8, 4) is 0 Å². The molecule has 2 amide bonds. The second kappa shape index (κ2) is 9.18. The van der Waals surface area contributed by atoms with Gasteiger partial charge in [0.1, 0.15) is 0 Å². The second-order valence-electron chi connectivity index (χ2n) is 8.09. The lowest BCUT2D eigenvalue weighted by atomic mass is 10.1. The van der Waals surface area contributed by atoms with Crippen molar-refractivity contribution >= 4 is 23.2 Å². The highest BCUT2D eigenvalue weighted by molar-refractivity contribution is 6.10. The minimum atomic E-state index is -0.246. The van der Waals surface area contributed by atoms with Crippen LogP contribution in [0.5, 0.6) is 0 Å². The zero-order valence-corrected chi connectivity index (χ0v) is 18.0. The van der Waals surface area contributed by atoms with Crippen LogP contribution in [0.4, 0.5) is 11.4 Å². The topological polar surface area (TPSA) is 66.4 Å². The Morgan fingerprint density at radius 3 is 2.65 bits per heavy atom. The monoisotopic (exact) mass is 416 g/mol. The number of para-hydroxylation sites is 1. The molecule has 4 rings (SSSR count). The van der Waals surface area contributed by atoms with Crippen LogP contribution in [0.1, 0.15) is 40.5 Å². The molecule has 0 radical (unpaired) electrons. The van der Waals surface area contributed by atoms with Gasteiger partial charge in [-0.1, -0.05) is 24.3 Å². The second-order valence-corrected chi connectivity index (χ2v) is 8.09. The maximum Gasteiger partial charge on any atom is 0.257 e. The first-order valence-corrected chi connectivity index (χ1v) is 10.6. The van der Waals surface area contributed by atoms with Gasteiger partial charge in [0, 0.05) is 24.6 Å². The lowest BCUT2D eigenvalue weighted by Gasteiger charge is -2.24. The number of aromatic nitrogens is 1. The van der Waals surface area contributed by atoms with Crippen molar-refractivity contribution < 1.29 is 9.59 Å². The van der Waals surface area contributed by atoms with Crippen molar-refractivity contribution in [3.05, 3.63) is 83.7 Å². The van der Waals surface area contributed by atoms with E-state index in [4.69, 9.17) is 0 Å². The number of nitrogens with zero attached hydrogens (tertiary/aromatic N) is 2. The molecule has 0 unspecified atom stereocenters. The molecule has 6 nitrogen and oxygen atoms in total. The number of likely N-dealkylation sites (tertiary alicyclic amines) is 1.